The van der Waals surface area contributed by atoms with Crippen LogP contribution in [-0.4, -0.2) is 60.4 Å². The van der Waals surface area contributed by atoms with E-state index in [-0.39, 0.29) is 35.8 Å². The number of aryl methyl sites for hydroxylation is 1. The van der Waals surface area contributed by atoms with E-state index in [1.807, 2.05) is 11.8 Å². The van der Waals surface area contributed by atoms with Crippen LogP contribution >= 0.6 is 12.4 Å². The molecule has 0 radical (unpaired) electrons. The van der Waals surface area contributed by atoms with Crippen LogP contribution in [0.4, 0.5) is 4.39 Å². The third-order valence-corrected chi connectivity index (χ3v) is 4.60. The van der Waals surface area contributed by atoms with Crippen LogP contribution in [0, 0.1) is 12.7 Å². The standard InChI is InChI=1S/C17H22FN3O2.ClH/c1-12-4-5-15(18)14(9-12)17(23)20-7-2-3-13(11-20)21-8-6-19-10-16(21)22;/h4-5,9,13,19H,2-3,6-8,10-11H2,1H3;1H. The van der Waals surface area contributed by atoms with E-state index in [9.17, 15) is 14.0 Å². The molecule has 0 aliphatic carbocycles. The number of piperidine rings is 1. The highest BCUT2D eigenvalue weighted by atomic mass is 35.5. The molecule has 3 rings (SSSR count). The number of benzene rings is 1. The van der Waals surface area contributed by atoms with Gasteiger partial charge in [-0.25, -0.2) is 4.39 Å². The summed E-state index contributed by atoms with van der Waals surface area (Å²) < 4.78 is 14.0. The maximum atomic E-state index is 14.0. The summed E-state index contributed by atoms with van der Waals surface area (Å²) >= 11 is 0. The zero-order chi connectivity index (χ0) is 16.4. The predicted octanol–water partition coefficient (Wildman–Crippen LogP) is 1.59. The third-order valence-electron chi connectivity index (χ3n) is 4.60. The molecule has 0 spiro atoms. The number of piperazine rings is 1. The zero-order valence-corrected chi connectivity index (χ0v) is 14.6. The van der Waals surface area contributed by atoms with Gasteiger partial charge in [0.1, 0.15) is 5.82 Å². The number of rotatable bonds is 2. The van der Waals surface area contributed by atoms with Crippen molar-refractivity contribution in [3.63, 3.8) is 0 Å². The molecule has 2 fully saturated rings. The lowest BCUT2D eigenvalue weighted by atomic mass is 10.0. The molecule has 1 aromatic rings. The van der Waals surface area contributed by atoms with Gasteiger partial charge in [-0.2, -0.15) is 0 Å². The zero-order valence-electron chi connectivity index (χ0n) is 13.8. The van der Waals surface area contributed by atoms with Crippen molar-refractivity contribution in [3.8, 4) is 0 Å². The molecule has 0 aromatic heterocycles. The molecule has 1 N–H and O–H groups in total. The quantitative estimate of drug-likeness (QED) is 0.876. The van der Waals surface area contributed by atoms with E-state index in [1.54, 1.807) is 17.0 Å². The van der Waals surface area contributed by atoms with Crippen molar-refractivity contribution in [2.75, 3.05) is 32.7 Å². The SMILES string of the molecule is Cc1ccc(F)c(C(=O)N2CCCC(N3CCNCC3=O)C2)c1.Cl. The van der Waals surface area contributed by atoms with Gasteiger partial charge in [-0.15, -0.1) is 12.4 Å². The van der Waals surface area contributed by atoms with E-state index >= 15 is 0 Å². The number of nitrogens with zero attached hydrogens (tertiary/aromatic N) is 2. The maximum Gasteiger partial charge on any atom is 0.256 e. The fourth-order valence-corrected chi connectivity index (χ4v) is 3.37. The molecule has 2 heterocycles. The Morgan fingerprint density at radius 3 is 2.88 bits per heavy atom. The summed E-state index contributed by atoms with van der Waals surface area (Å²) in [6, 6.07) is 4.63. The van der Waals surface area contributed by atoms with Crippen LogP contribution in [0.15, 0.2) is 18.2 Å². The van der Waals surface area contributed by atoms with Crippen molar-refractivity contribution in [3.05, 3.63) is 35.1 Å². The molecule has 2 aliphatic heterocycles. The van der Waals surface area contributed by atoms with E-state index in [0.717, 1.165) is 24.9 Å². The van der Waals surface area contributed by atoms with E-state index in [1.165, 1.54) is 6.07 Å². The summed E-state index contributed by atoms with van der Waals surface area (Å²) in [4.78, 5) is 28.2. The number of carbonyl (C=O) groups is 2. The lowest BCUT2D eigenvalue weighted by Crippen LogP contribution is -2.57. The maximum absolute atomic E-state index is 14.0. The van der Waals surface area contributed by atoms with Gasteiger partial charge < -0.3 is 15.1 Å². The van der Waals surface area contributed by atoms with Crippen LogP contribution in [0.5, 0.6) is 0 Å². The van der Waals surface area contributed by atoms with Crippen molar-refractivity contribution in [1.29, 1.82) is 0 Å². The minimum atomic E-state index is -0.485. The Morgan fingerprint density at radius 1 is 1.33 bits per heavy atom. The highest BCUT2D eigenvalue weighted by Crippen LogP contribution is 2.20. The Bertz CT molecular complexity index is 626. The molecule has 132 valence electrons. The molecule has 7 heteroatoms. The summed E-state index contributed by atoms with van der Waals surface area (Å²) in [7, 11) is 0. The van der Waals surface area contributed by atoms with Gasteiger partial charge in [0, 0.05) is 32.2 Å². The van der Waals surface area contributed by atoms with E-state index < -0.39 is 5.82 Å². The molecule has 2 aliphatic rings. The van der Waals surface area contributed by atoms with Crippen molar-refractivity contribution in [2.45, 2.75) is 25.8 Å². The summed E-state index contributed by atoms with van der Waals surface area (Å²) in [6.07, 6.45) is 1.73. The second kappa shape index (κ2) is 7.94. The van der Waals surface area contributed by atoms with Crippen molar-refractivity contribution >= 4 is 24.2 Å². The minimum absolute atomic E-state index is 0. The highest BCUT2D eigenvalue weighted by molar-refractivity contribution is 5.94. The lowest BCUT2D eigenvalue weighted by molar-refractivity contribution is -0.135. The smallest absolute Gasteiger partial charge is 0.256 e. The summed E-state index contributed by atoms with van der Waals surface area (Å²) in [6.45, 7) is 4.75. The number of hydrogen-bond donors (Lipinski definition) is 1. The number of likely N-dealkylation sites (tertiary alicyclic amines) is 1. The topological polar surface area (TPSA) is 52.7 Å². The average Bonchev–Trinajstić information content (AvgIpc) is 2.57. The summed E-state index contributed by atoms with van der Waals surface area (Å²) in [5.41, 5.74) is 0.984. The van der Waals surface area contributed by atoms with Gasteiger partial charge >= 0.3 is 0 Å². The highest BCUT2D eigenvalue weighted by Gasteiger charge is 2.32. The first-order valence-corrected chi connectivity index (χ1v) is 8.12. The van der Waals surface area contributed by atoms with E-state index in [2.05, 4.69) is 5.32 Å². The Hall–Kier alpha value is -1.66. The molecule has 1 unspecified atom stereocenters. The van der Waals surface area contributed by atoms with Crippen LogP contribution < -0.4 is 5.32 Å². The molecule has 24 heavy (non-hydrogen) atoms. The molecule has 0 bridgehead atoms. The summed E-state index contributed by atoms with van der Waals surface area (Å²) in [5.74, 6) is -0.684. The average molecular weight is 356 g/mol. The number of carbonyl (C=O) groups excluding carboxylic acids is 2. The van der Waals surface area contributed by atoms with Gasteiger partial charge in [0.15, 0.2) is 0 Å². The van der Waals surface area contributed by atoms with Gasteiger partial charge in [0.05, 0.1) is 12.1 Å². The molecule has 2 saturated heterocycles. The first-order valence-electron chi connectivity index (χ1n) is 8.12. The predicted molar refractivity (Wildman–Crippen MR) is 91.9 cm³/mol. The number of halogens is 2. The molecule has 1 atom stereocenters. The van der Waals surface area contributed by atoms with E-state index in [4.69, 9.17) is 0 Å². The fourth-order valence-electron chi connectivity index (χ4n) is 3.37. The van der Waals surface area contributed by atoms with Crippen LogP contribution in [-0.2, 0) is 4.79 Å². The van der Waals surface area contributed by atoms with Crippen LogP contribution in [0.25, 0.3) is 0 Å². The van der Waals surface area contributed by atoms with Crippen LogP contribution in [0.1, 0.15) is 28.8 Å². The van der Waals surface area contributed by atoms with E-state index in [0.29, 0.717) is 26.2 Å². The molecule has 2 amide bonds. The van der Waals surface area contributed by atoms with Gasteiger partial charge in [0.25, 0.3) is 5.91 Å². The van der Waals surface area contributed by atoms with Gasteiger partial charge in [-0.1, -0.05) is 11.6 Å². The molecular formula is C17H23ClFN3O2. The molecule has 0 saturated carbocycles. The van der Waals surface area contributed by atoms with Crippen molar-refractivity contribution < 1.29 is 14.0 Å². The van der Waals surface area contributed by atoms with Crippen LogP contribution in [0.3, 0.4) is 0 Å². The second-order valence-electron chi connectivity index (χ2n) is 6.29. The molecular weight excluding hydrogens is 333 g/mol. The Labute approximate surface area is 147 Å². The summed E-state index contributed by atoms with van der Waals surface area (Å²) in [5, 5.41) is 3.06. The fraction of sp³-hybridized carbons (Fsp3) is 0.529. The van der Waals surface area contributed by atoms with Crippen molar-refractivity contribution in [2.24, 2.45) is 0 Å². The third kappa shape index (κ3) is 3.87. The minimum Gasteiger partial charge on any atom is -0.336 e. The Balaban J connectivity index is 0.00000208. The first-order chi connectivity index (χ1) is 11.1. The van der Waals surface area contributed by atoms with Gasteiger partial charge in [-0.05, 0) is 31.9 Å². The van der Waals surface area contributed by atoms with Crippen LogP contribution in [0.2, 0.25) is 0 Å². The normalized spacial score (nSPS) is 21.4. The number of nitrogens with one attached hydrogen (secondary N) is 1. The van der Waals surface area contributed by atoms with Gasteiger partial charge in [-0.3, -0.25) is 9.59 Å². The van der Waals surface area contributed by atoms with Gasteiger partial charge in [0.2, 0.25) is 5.91 Å². The first kappa shape index (κ1) is 18.7. The second-order valence-corrected chi connectivity index (χ2v) is 6.29. The van der Waals surface area contributed by atoms with Crippen molar-refractivity contribution in [1.82, 2.24) is 15.1 Å². The molecule has 5 nitrogen and oxygen atoms in total. The Kier molecular flexibility index (Phi) is 6.18. The monoisotopic (exact) mass is 355 g/mol. The largest absolute Gasteiger partial charge is 0.336 e. The number of amides is 2. The lowest BCUT2D eigenvalue weighted by Gasteiger charge is -2.41. The Morgan fingerprint density at radius 2 is 2.12 bits per heavy atom. The molecule has 1 aromatic carbocycles. The number of hydrogen-bond acceptors (Lipinski definition) is 3.